The van der Waals surface area contributed by atoms with Gasteiger partial charge in [-0.15, -0.1) is 11.3 Å². The van der Waals surface area contributed by atoms with Gasteiger partial charge in [0.2, 0.25) is 0 Å². The molecule has 0 saturated carbocycles. The monoisotopic (exact) mass is 299 g/mol. The van der Waals surface area contributed by atoms with Crippen molar-refractivity contribution in [1.29, 1.82) is 0 Å². The van der Waals surface area contributed by atoms with Crippen LogP contribution in [0.15, 0.2) is 11.6 Å². The smallest absolute Gasteiger partial charge is 0.326 e. The minimum absolute atomic E-state index is 0.0960. The van der Waals surface area contributed by atoms with Gasteiger partial charge in [-0.2, -0.15) is 0 Å². The van der Waals surface area contributed by atoms with Crippen molar-refractivity contribution >= 4 is 23.3 Å². The zero-order valence-corrected chi connectivity index (χ0v) is 13.0. The van der Waals surface area contributed by atoms with Crippen LogP contribution in [0.5, 0.6) is 0 Å². The van der Waals surface area contributed by atoms with Gasteiger partial charge in [0, 0.05) is 24.0 Å². The third-order valence-corrected chi connectivity index (χ3v) is 3.84. The van der Waals surface area contributed by atoms with E-state index in [2.05, 4.69) is 15.6 Å². The lowest BCUT2D eigenvalue weighted by molar-refractivity contribution is -0.141. The summed E-state index contributed by atoms with van der Waals surface area (Å²) >= 11 is 1.53. The van der Waals surface area contributed by atoms with Crippen LogP contribution in [0.25, 0.3) is 0 Å². The van der Waals surface area contributed by atoms with Crippen LogP contribution in [0, 0.1) is 5.41 Å². The van der Waals surface area contributed by atoms with Crippen molar-refractivity contribution in [3.05, 3.63) is 16.6 Å². The number of rotatable bonds is 5. The zero-order chi connectivity index (χ0) is 15.3. The second-order valence-corrected chi connectivity index (χ2v) is 6.69. The standard InChI is InChI=1S/C13H21N3O3S/c1-8(10-14-5-6-20-10)7-15-12(19)16-9(11(17)18)13(2,3)4/h5-6,8-9H,7H2,1-4H3,(H,17,18)(H2,15,16,19). The first-order chi connectivity index (χ1) is 9.21. The number of aromatic nitrogens is 1. The number of hydrogen-bond donors (Lipinski definition) is 3. The van der Waals surface area contributed by atoms with Gasteiger partial charge in [-0.1, -0.05) is 27.7 Å². The van der Waals surface area contributed by atoms with E-state index in [1.807, 2.05) is 12.3 Å². The Hall–Kier alpha value is -1.63. The van der Waals surface area contributed by atoms with E-state index in [1.54, 1.807) is 27.0 Å². The minimum atomic E-state index is -1.04. The Bertz CT molecular complexity index is 454. The van der Waals surface area contributed by atoms with Gasteiger partial charge in [-0.3, -0.25) is 0 Å². The van der Waals surface area contributed by atoms with E-state index in [0.717, 1.165) is 5.01 Å². The number of thiazole rings is 1. The van der Waals surface area contributed by atoms with Crippen molar-refractivity contribution in [2.24, 2.45) is 5.41 Å². The summed E-state index contributed by atoms with van der Waals surface area (Å²) in [7, 11) is 0. The lowest BCUT2D eigenvalue weighted by Gasteiger charge is -2.27. The fourth-order valence-corrected chi connectivity index (χ4v) is 2.34. The van der Waals surface area contributed by atoms with E-state index in [9.17, 15) is 9.59 Å². The molecule has 0 bridgehead atoms. The molecule has 1 aromatic heterocycles. The Morgan fingerprint density at radius 2 is 2.10 bits per heavy atom. The summed E-state index contributed by atoms with van der Waals surface area (Å²) in [5.74, 6) is -0.945. The van der Waals surface area contributed by atoms with Gasteiger partial charge in [0.25, 0.3) is 0 Å². The summed E-state index contributed by atoms with van der Waals surface area (Å²) in [6.45, 7) is 7.67. The van der Waals surface area contributed by atoms with Crippen LogP contribution in [0.4, 0.5) is 4.79 Å². The number of nitrogens with one attached hydrogen (secondary N) is 2. The molecule has 2 unspecified atom stereocenters. The number of carboxylic acid groups (broad SMARTS) is 1. The molecular formula is C13H21N3O3S. The number of carboxylic acids is 1. The molecule has 7 heteroatoms. The first-order valence-electron chi connectivity index (χ1n) is 6.38. The van der Waals surface area contributed by atoms with Crippen molar-refractivity contribution in [1.82, 2.24) is 15.6 Å². The number of urea groups is 1. The summed E-state index contributed by atoms with van der Waals surface area (Å²) in [5.41, 5.74) is -0.551. The third kappa shape index (κ3) is 4.80. The molecule has 1 aromatic rings. The van der Waals surface area contributed by atoms with Crippen LogP contribution in [-0.4, -0.2) is 34.7 Å². The SMILES string of the molecule is CC(CNC(=O)NC(C(=O)O)C(C)(C)C)c1nccs1. The molecule has 20 heavy (non-hydrogen) atoms. The number of carbonyl (C=O) groups is 2. The maximum atomic E-state index is 11.8. The molecule has 112 valence electrons. The first-order valence-corrected chi connectivity index (χ1v) is 7.26. The highest BCUT2D eigenvalue weighted by Crippen LogP contribution is 2.19. The highest BCUT2D eigenvalue weighted by atomic mass is 32.1. The zero-order valence-electron chi connectivity index (χ0n) is 12.1. The number of aliphatic carboxylic acids is 1. The summed E-state index contributed by atoms with van der Waals surface area (Å²) in [6.07, 6.45) is 1.72. The lowest BCUT2D eigenvalue weighted by Crippen LogP contribution is -2.52. The Morgan fingerprint density at radius 3 is 2.55 bits per heavy atom. The van der Waals surface area contributed by atoms with Gasteiger partial charge in [0.05, 0.1) is 5.01 Å². The third-order valence-electron chi connectivity index (χ3n) is 2.83. The molecule has 0 radical (unpaired) electrons. The molecule has 3 N–H and O–H groups in total. The summed E-state index contributed by atoms with van der Waals surface area (Å²) in [6, 6.07) is -1.41. The highest BCUT2D eigenvalue weighted by Gasteiger charge is 2.32. The van der Waals surface area contributed by atoms with Gasteiger partial charge in [-0.05, 0) is 5.41 Å². The van der Waals surface area contributed by atoms with Gasteiger partial charge < -0.3 is 15.7 Å². The summed E-state index contributed by atoms with van der Waals surface area (Å²) in [5, 5.41) is 17.1. The molecule has 0 fully saturated rings. The van der Waals surface area contributed by atoms with E-state index in [4.69, 9.17) is 5.11 Å². The molecule has 1 heterocycles. The van der Waals surface area contributed by atoms with Crippen molar-refractivity contribution in [2.75, 3.05) is 6.54 Å². The lowest BCUT2D eigenvalue weighted by atomic mass is 9.87. The van der Waals surface area contributed by atoms with E-state index in [-0.39, 0.29) is 5.92 Å². The second kappa shape index (κ2) is 6.69. The Morgan fingerprint density at radius 1 is 1.45 bits per heavy atom. The van der Waals surface area contributed by atoms with E-state index in [1.165, 1.54) is 11.3 Å². The summed E-state index contributed by atoms with van der Waals surface area (Å²) < 4.78 is 0. The van der Waals surface area contributed by atoms with Crippen molar-refractivity contribution in [2.45, 2.75) is 39.7 Å². The van der Waals surface area contributed by atoms with E-state index in [0.29, 0.717) is 6.54 Å². The molecule has 0 aliphatic rings. The van der Waals surface area contributed by atoms with E-state index >= 15 is 0 Å². The molecule has 2 amide bonds. The van der Waals surface area contributed by atoms with Gasteiger partial charge in [0.15, 0.2) is 0 Å². The van der Waals surface area contributed by atoms with Crippen molar-refractivity contribution < 1.29 is 14.7 Å². The Labute approximate surface area is 122 Å². The molecule has 1 rings (SSSR count). The quantitative estimate of drug-likeness (QED) is 0.776. The van der Waals surface area contributed by atoms with Gasteiger partial charge in [0.1, 0.15) is 6.04 Å². The molecule has 0 aliphatic carbocycles. The fraction of sp³-hybridized carbons (Fsp3) is 0.615. The Kier molecular flexibility index (Phi) is 5.50. The Balaban J connectivity index is 2.49. The van der Waals surface area contributed by atoms with Gasteiger partial charge in [-0.25, -0.2) is 14.6 Å². The molecule has 6 nitrogen and oxygen atoms in total. The van der Waals surface area contributed by atoms with Crippen LogP contribution >= 0.6 is 11.3 Å². The molecule has 0 aromatic carbocycles. The predicted molar refractivity (Wildman–Crippen MR) is 77.9 cm³/mol. The second-order valence-electron chi connectivity index (χ2n) is 5.76. The van der Waals surface area contributed by atoms with Crippen molar-refractivity contribution in [3.8, 4) is 0 Å². The van der Waals surface area contributed by atoms with Crippen LogP contribution in [0.1, 0.15) is 38.6 Å². The topological polar surface area (TPSA) is 91.3 Å². The molecule has 2 atom stereocenters. The minimum Gasteiger partial charge on any atom is -0.480 e. The van der Waals surface area contributed by atoms with Crippen LogP contribution in [0.3, 0.4) is 0 Å². The number of carbonyl (C=O) groups excluding carboxylic acids is 1. The predicted octanol–water partition coefficient (Wildman–Crippen LogP) is 2.05. The van der Waals surface area contributed by atoms with Crippen LogP contribution < -0.4 is 10.6 Å². The molecule has 0 aliphatic heterocycles. The van der Waals surface area contributed by atoms with Crippen molar-refractivity contribution in [3.63, 3.8) is 0 Å². The molecular weight excluding hydrogens is 278 g/mol. The van der Waals surface area contributed by atoms with Gasteiger partial charge >= 0.3 is 12.0 Å². The van der Waals surface area contributed by atoms with Crippen LogP contribution in [-0.2, 0) is 4.79 Å². The van der Waals surface area contributed by atoms with Crippen LogP contribution in [0.2, 0.25) is 0 Å². The average molecular weight is 299 g/mol. The number of nitrogens with zero attached hydrogens (tertiary/aromatic N) is 1. The number of amides is 2. The maximum Gasteiger partial charge on any atom is 0.326 e. The first kappa shape index (κ1) is 16.4. The molecule has 0 saturated heterocycles. The maximum absolute atomic E-state index is 11.8. The number of hydrogen-bond acceptors (Lipinski definition) is 4. The largest absolute Gasteiger partial charge is 0.480 e. The summed E-state index contributed by atoms with van der Waals surface area (Å²) in [4.78, 5) is 27.1. The average Bonchev–Trinajstić information content (AvgIpc) is 2.84. The normalized spacial score (nSPS) is 14.4. The fourth-order valence-electron chi connectivity index (χ4n) is 1.64. The highest BCUT2D eigenvalue weighted by molar-refractivity contribution is 7.09. The molecule has 0 spiro atoms. The van der Waals surface area contributed by atoms with E-state index < -0.39 is 23.5 Å².